The number of nitrogens with zero attached hydrogens (tertiary/aromatic N) is 6. The Balaban J connectivity index is 1.48. The number of piperazine rings is 1. The molecule has 3 aromatic heterocycles. The quantitative estimate of drug-likeness (QED) is 0.638. The number of fused-ring (bicyclic) bond motifs is 1. The Morgan fingerprint density at radius 1 is 1.18 bits per heavy atom. The van der Waals surface area contributed by atoms with Crippen LogP contribution < -0.4 is 4.90 Å². The van der Waals surface area contributed by atoms with Gasteiger partial charge in [-0.25, -0.2) is 0 Å². The Morgan fingerprint density at radius 2 is 2.00 bits per heavy atom. The van der Waals surface area contributed by atoms with E-state index in [2.05, 4.69) is 39.4 Å². The lowest BCUT2D eigenvalue weighted by atomic mass is 10.2. The van der Waals surface area contributed by atoms with Gasteiger partial charge < -0.3 is 9.80 Å². The maximum Gasteiger partial charge on any atom is 0.257 e. The van der Waals surface area contributed by atoms with E-state index in [1.807, 2.05) is 21.7 Å². The van der Waals surface area contributed by atoms with Crippen molar-refractivity contribution >= 4 is 28.8 Å². The highest BCUT2D eigenvalue weighted by atomic mass is 32.1. The molecule has 148 valence electrons. The summed E-state index contributed by atoms with van der Waals surface area (Å²) < 4.78 is 2.09. The zero-order chi connectivity index (χ0) is 19.5. The number of rotatable bonds is 6. The van der Waals surface area contributed by atoms with Gasteiger partial charge in [0, 0.05) is 44.4 Å². The van der Waals surface area contributed by atoms with E-state index in [0.717, 1.165) is 62.6 Å². The van der Waals surface area contributed by atoms with E-state index in [1.54, 1.807) is 11.3 Å². The third-order valence-electron chi connectivity index (χ3n) is 5.22. The van der Waals surface area contributed by atoms with Crippen LogP contribution in [-0.2, 0) is 24.1 Å². The van der Waals surface area contributed by atoms with Crippen LogP contribution in [0, 0.1) is 0 Å². The molecule has 7 nitrogen and oxygen atoms in total. The van der Waals surface area contributed by atoms with Crippen LogP contribution in [0.15, 0.2) is 22.9 Å². The van der Waals surface area contributed by atoms with Crippen molar-refractivity contribution in [3.63, 3.8) is 0 Å². The van der Waals surface area contributed by atoms with Crippen molar-refractivity contribution in [1.29, 1.82) is 0 Å². The van der Waals surface area contributed by atoms with Crippen molar-refractivity contribution in [1.82, 2.24) is 24.5 Å². The molecular formula is C20H26N6OS. The topological polar surface area (TPSA) is 66.6 Å². The monoisotopic (exact) mass is 398 g/mol. The highest BCUT2D eigenvalue weighted by molar-refractivity contribution is 7.08. The van der Waals surface area contributed by atoms with Crippen LogP contribution in [0.4, 0.5) is 5.82 Å². The number of carbonyl (C=O) groups is 1. The van der Waals surface area contributed by atoms with Gasteiger partial charge in [0.15, 0.2) is 0 Å². The Labute approximate surface area is 169 Å². The van der Waals surface area contributed by atoms with Crippen molar-refractivity contribution in [2.75, 3.05) is 31.1 Å². The first-order valence-corrected chi connectivity index (χ1v) is 10.9. The van der Waals surface area contributed by atoms with Crippen molar-refractivity contribution in [3.8, 4) is 0 Å². The highest BCUT2D eigenvalue weighted by Crippen LogP contribution is 2.20. The number of hydrogen-bond acceptors (Lipinski definition) is 6. The summed E-state index contributed by atoms with van der Waals surface area (Å²) in [5.74, 6) is 2.78. The van der Waals surface area contributed by atoms with E-state index in [0.29, 0.717) is 12.2 Å². The first-order chi connectivity index (χ1) is 13.7. The normalized spacial score (nSPS) is 14.8. The molecule has 4 rings (SSSR count). The van der Waals surface area contributed by atoms with Crippen LogP contribution in [0.3, 0.4) is 0 Å². The van der Waals surface area contributed by atoms with Crippen LogP contribution in [0.5, 0.6) is 0 Å². The lowest BCUT2D eigenvalue weighted by Crippen LogP contribution is -2.49. The number of anilines is 1. The fourth-order valence-electron chi connectivity index (χ4n) is 3.72. The summed E-state index contributed by atoms with van der Waals surface area (Å²) in [6.07, 6.45) is 3.36. The number of carbonyl (C=O) groups excluding carboxylic acids is 1. The molecule has 0 radical (unpaired) electrons. The molecule has 0 aromatic carbocycles. The van der Waals surface area contributed by atoms with E-state index in [-0.39, 0.29) is 5.91 Å². The van der Waals surface area contributed by atoms with E-state index in [1.165, 1.54) is 5.69 Å². The van der Waals surface area contributed by atoms with E-state index in [9.17, 15) is 4.79 Å². The Kier molecular flexibility index (Phi) is 5.57. The smallest absolute Gasteiger partial charge is 0.257 e. The fourth-order valence-corrected chi connectivity index (χ4v) is 4.39. The summed E-state index contributed by atoms with van der Waals surface area (Å²) in [5, 5.41) is 12.6. The average molecular weight is 399 g/mol. The molecule has 0 N–H and O–H groups in total. The predicted octanol–water partition coefficient (Wildman–Crippen LogP) is 2.59. The molecule has 1 aliphatic heterocycles. The van der Waals surface area contributed by atoms with Gasteiger partial charge in [0.2, 0.25) is 5.91 Å². The summed E-state index contributed by atoms with van der Waals surface area (Å²) in [5.41, 5.74) is 2.31. The molecule has 0 aliphatic carbocycles. The first kappa shape index (κ1) is 18.9. The maximum atomic E-state index is 12.5. The number of aryl methyl sites for hydroxylation is 2. The summed E-state index contributed by atoms with van der Waals surface area (Å²) in [6.45, 7) is 7.31. The summed E-state index contributed by atoms with van der Waals surface area (Å²) in [6, 6.07) is 4.19. The molecule has 0 atom stereocenters. The van der Waals surface area contributed by atoms with Crippen LogP contribution >= 0.6 is 11.3 Å². The van der Waals surface area contributed by atoms with Gasteiger partial charge >= 0.3 is 0 Å². The van der Waals surface area contributed by atoms with Gasteiger partial charge in [-0.2, -0.15) is 16.3 Å². The lowest BCUT2D eigenvalue weighted by Gasteiger charge is -2.35. The molecule has 28 heavy (non-hydrogen) atoms. The SMILES string of the molecule is CCCc1cc(N2CCN(C(=O)Cc3ccsc3)CC2)nc2nnc(CC)n12. The van der Waals surface area contributed by atoms with Gasteiger partial charge in [-0.15, -0.1) is 10.2 Å². The maximum absolute atomic E-state index is 12.5. The van der Waals surface area contributed by atoms with Crippen LogP contribution in [0.1, 0.15) is 37.4 Å². The number of thiophene rings is 1. The summed E-state index contributed by atoms with van der Waals surface area (Å²) in [7, 11) is 0. The largest absolute Gasteiger partial charge is 0.353 e. The molecule has 1 amide bonds. The minimum absolute atomic E-state index is 0.207. The van der Waals surface area contributed by atoms with Gasteiger partial charge in [0.05, 0.1) is 6.42 Å². The van der Waals surface area contributed by atoms with Crippen molar-refractivity contribution in [3.05, 3.63) is 40.0 Å². The number of aromatic nitrogens is 4. The van der Waals surface area contributed by atoms with Gasteiger partial charge in [-0.05, 0) is 28.8 Å². The molecule has 1 saturated heterocycles. The highest BCUT2D eigenvalue weighted by Gasteiger charge is 2.23. The molecule has 8 heteroatoms. The molecular weight excluding hydrogens is 372 g/mol. The molecule has 1 fully saturated rings. The zero-order valence-electron chi connectivity index (χ0n) is 16.5. The Morgan fingerprint density at radius 3 is 2.68 bits per heavy atom. The van der Waals surface area contributed by atoms with Crippen LogP contribution in [0.25, 0.3) is 5.78 Å². The second kappa shape index (κ2) is 8.26. The van der Waals surface area contributed by atoms with Gasteiger partial charge in [0.1, 0.15) is 11.6 Å². The van der Waals surface area contributed by atoms with Gasteiger partial charge in [-0.3, -0.25) is 9.20 Å². The molecule has 3 aromatic rings. The molecule has 1 aliphatic rings. The zero-order valence-corrected chi connectivity index (χ0v) is 17.3. The summed E-state index contributed by atoms with van der Waals surface area (Å²) in [4.78, 5) is 21.5. The third kappa shape index (κ3) is 3.73. The minimum Gasteiger partial charge on any atom is -0.353 e. The Bertz CT molecular complexity index is 943. The van der Waals surface area contributed by atoms with Crippen molar-refractivity contribution in [2.24, 2.45) is 0 Å². The van der Waals surface area contributed by atoms with E-state index < -0.39 is 0 Å². The number of amides is 1. The van der Waals surface area contributed by atoms with Crippen molar-refractivity contribution < 1.29 is 4.79 Å². The van der Waals surface area contributed by atoms with Gasteiger partial charge in [-0.1, -0.05) is 20.3 Å². The third-order valence-corrected chi connectivity index (χ3v) is 5.96. The molecule has 0 spiro atoms. The lowest BCUT2D eigenvalue weighted by molar-refractivity contribution is -0.130. The molecule has 4 heterocycles. The van der Waals surface area contributed by atoms with Crippen LogP contribution in [0.2, 0.25) is 0 Å². The molecule has 0 saturated carbocycles. The molecule has 0 bridgehead atoms. The van der Waals surface area contributed by atoms with E-state index >= 15 is 0 Å². The van der Waals surface area contributed by atoms with Crippen molar-refractivity contribution in [2.45, 2.75) is 39.5 Å². The average Bonchev–Trinajstić information content (AvgIpc) is 3.37. The fraction of sp³-hybridized carbons (Fsp3) is 0.500. The van der Waals surface area contributed by atoms with Gasteiger partial charge in [0.25, 0.3) is 5.78 Å². The predicted molar refractivity (Wildman–Crippen MR) is 111 cm³/mol. The second-order valence-electron chi connectivity index (χ2n) is 7.14. The Hall–Kier alpha value is -2.48. The standard InChI is InChI=1S/C20H26N6OS/c1-3-5-16-13-18(21-20-23-22-17(4-2)26(16)20)24-7-9-25(10-8-24)19(27)12-15-6-11-28-14-15/h6,11,13-14H,3-5,7-10,12H2,1-2H3. The van der Waals surface area contributed by atoms with Crippen LogP contribution in [-0.4, -0.2) is 56.6 Å². The molecule has 0 unspecified atom stereocenters. The minimum atomic E-state index is 0.207. The second-order valence-corrected chi connectivity index (χ2v) is 7.92. The van der Waals surface area contributed by atoms with E-state index in [4.69, 9.17) is 4.98 Å². The summed E-state index contributed by atoms with van der Waals surface area (Å²) >= 11 is 1.64. The number of hydrogen-bond donors (Lipinski definition) is 0. The first-order valence-electron chi connectivity index (χ1n) is 9.97.